The van der Waals surface area contributed by atoms with Gasteiger partial charge in [0.25, 0.3) is 0 Å². The first-order chi connectivity index (χ1) is 16.6. The number of hydrogen-bond acceptors (Lipinski definition) is 0. The predicted molar refractivity (Wildman–Crippen MR) is 152 cm³/mol. The average Bonchev–Trinajstić information content (AvgIpc) is 2.78. The van der Waals surface area contributed by atoms with E-state index < -0.39 is 0 Å². The van der Waals surface area contributed by atoms with E-state index in [2.05, 4.69) is 116 Å². The molecule has 4 aromatic rings. The van der Waals surface area contributed by atoms with Gasteiger partial charge in [0.2, 0.25) is 0 Å². The van der Waals surface area contributed by atoms with Gasteiger partial charge < -0.3 is 0 Å². The molecule has 0 aliphatic rings. The molecule has 0 atom stereocenters. The van der Waals surface area contributed by atoms with E-state index in [1.165, 1.54) is 77.9 Å². The Hall–Kier alpha value is -3.12. The summed E-state index contributed by atoms with van der Waals surface area (Å²) in [6, 6.07) is 23.2. The smallest absolute Gasteiger partial charge is 0.00201 e. The van der Waals surface area contributed by atoms with E-state index in [1.807, 2.05) is 0 Å². The molecule has 0 heterocycles. The molecule has 0 fully saturated rings. The summed E-state index contributed by atoms with van der Waals surface area (Å²) in [5.74, 6) is 0. The summed E-state index contributed by atoms with van der Waals surface area (Å²) < 4.78 is 0. The van der Waals surface area contributed by atoms with Crippen molar-refractivity contribution in [2.45, 2.75) is 74.7 Å². The van der Waals surface area contributed by atoms with Gasteiger partial charge in [-0.2, -0.15) is 0 Å². The van der Waals surface area contributed by atoms with Gasteiger partial charge in [0.05, 0.1) is 0 Å². The van der Waals surface area contributed by atoms with E-state index in [1.54, 1.807) is 0 Å². The number of rotatable bonds is 6. The van der Waals surface area contributed by atoms with Crippen molar-refractivity contribution < 1.29 is 0 Å². The second kappa shape index (κ2) is 10.2. The Kier molecular flexibility index (Phi) is 7.31. The lowest BCUT2D eigenvalue weighted by Crippen LogP contribution is -2.04. The van der Waals surface area contributed by atoms with Crippen LogP contribution in [0.1, 0.15) is 77.9 Å². The molecule has 0 spiro atoms. The highest BCUT2D eigenvalue weighted by Gasteiger charge is 2.13. The molecule has 0 heteroatoms. The maximum atomic E-state index is 2.40. The Morgan fingerprint density at radius 3 is 0.971 bits per heavy atom. The Bertz CT molecular complexity index is 1280. The summed E-state index contributed by atoms with van der Waals surface area (Å²) in [6.07, 6.45) is 2.98. The molecule has 0 aliphatic carbocycles. The van der Waals surface area contributed by atoms with E-state index in [0.29, 0.717) is 0 Å². The van der Waals surface area contributed by atoms with E-state index in [-0.39, 0.29) is 0 Å². The van der Waals surface area contributed by atoms with Gasteiger partial charge >= 0.3 is 0 Å². The van der Waals surface area contributed by atoms with Gasteiger partial charge in [0, 0.05) is 0 Å². The quantitative estimate of drug-likeness (QED) is 0.269. The largest absolute Gasteiger partial charge is 0.0590 e. The summed E-state index contributed by atoms with van der Waals surface area (Å²) >= 11 is 0. The Balaban J connectivity index is 1.67. The molecule has 0 aliphatic heterocycles. The zero-order valence-electron chi connectivity index (χ0n) is 22.9. The SMILES string of the molecule is Cc1ccc(Cc2cc(C)cc(Cc3cc(C)cc(Cc4ccc(C)cc4C)c3C)c2C)c(C)c1. The van der Waals surface area contributed by atoms with Crippen molar-refractivity contribution in [2.75, 3.05) is 0 Å². The maximum Gasteiger partial charge on any atom is -0.00201 e. The highest BCUT2D eigenvalue weighted by atomic mass is 14.2. The van der Waals surface area contributed by atoms with Crippen LogP contribution in [0.2, 0.25) is 0 Å². The van der Waals surface area contributed by atoms with Crippen molar-refractivity contribution in [1.29, 1.82) is 0 Å². The van der Waals surface area contributed by atoms with Crippen molar-refractivity contribution in [3.63, 3.8) is 0 Å². The third-order valence-electron chi connectivity index (χ3n) is 7.67. The van der Waals surface area contributed by atoms with Gasteiger partial charge in [0.1, 0.15) is 0 Å². The van der Waals surface area contributed by atoms with Crippen LogP contribution < -0.4 is 0 Å². The van der Waals surface area contributed by atoms with Crippen molar-refractivity contribution in [3.8, 4) is 0 Å². The van der Waals surface area contributed by atoms with Gasteiger partial charge in [-0.05, 0) is 130 Å². The van der Waals surface area contributed by atoms with Crippen LogP contribution in [0.3, 0.4) is 0 Å². The maximum absolute atomic E-state index is 2.40. The molecule has 4 rings (SSSR count). The standard InChI is InChI=1S/C35H40/c1-22-9-11-30(26(5)13-22)19-32-15-24(3)17-34(28(32)7)21-35-18-25(4)16-33(29(35)8)20-31-12-10-23(2)14-27(31)6/h9-18H,19-21H2,1-8H3. The first-order valence-corrected chi connectivity index (χ1v) is 12.9. The van der Waals surface area contributed by atoms with E-state index in [0.717, 1.165) is 19.3 Å². The van der Waals surface area contributed by atoms with Gasteiger partial charge in [-0.3, -0.25) is 0 Å². The van der Waals surface area contributed by atoms with Crippen LogP contribution in [-0.4, -0.2) is 0 Å². The first kappa shape index (κ1) is 25.0. The summed E-state index contributed by atoms with van der Waals surface area (Å²) in [5.41, 5.74) is 19.7. The zero-order valence-corrected chi connectivity index (χ0v) is 22.9. The second-order valence-corrected chi connectivity index (χ2v) is 10.8. The molecular weight excluding hydrogens is 420 g/mol. The second-order valence-electron chi connectivity index (χ2n) is 10.8. The van der Waals surface area contributed by atoms with Crippen molar-refractivity contribution in [3.05, 3.63) is 139 Å². The molecule has 180 valence electrons. The third-order valence-corrected chi connectivity index (χ3v) is 7.67. The average molecular weight is 461 g/mol. The number of benzene rings is 4. The summed E-state index contributed by atoms with van der Waals surface area (Å²) in [7, 11) is 0. The molecule has 0 bridgehead atoms. The summed E-state index contributed by atoms with van der Waals surface area (Å²) in [5, 5.41) is 0. The first-order valence-electron chi connectivity index (χ1n) is 12.9. The van der Waals surface area contributed by atoms with E-state index in [9.17, 15) is 0 Å². The van der Waals surface area contributed by atoms with Crippen LogP contribution in [0.25, 0.3) is 0 Å². The molecule has 0 unspecified atom stereocenters. The molecule has 0 aromatic heterocycles. The fraction of sp³-hybridized carbons (Fsp3) is 0.314. The molecule has 4 aromatic carbocycles. The van der Waals surface area contributed by atoms with Gasteiger partial charge in [-0.25, -0.2) is 0 Å². The van der Waals surface area contributed by atoms with Crippen molar-refractivity contribution >= 4 is 0 Å². The van der Waals surface area contributed by atoms with Gasteiger partial charge in [-0.15, -0.1) is 0 Å². The number of hydrogen-bond donors (Lipinski definition) is 0. The lowest BCUT2D eigenvalue weighted by atomic mass is 9.87. The zero-order chi connectivity index (χ0) is 25.3. The van der Waals surface area contributed by atoms with Crippen molar-refractivity contribution in [1.82, 2.24) is 0 Å². The highest BCUT2D eigenvalue weighted by molar-refractivity contribution is 5.48. The third kappa shape index (κ3) is 5.76. The molecule has 0 nitrogen and oxygen atoms in total. The van der Waals surface area contributed by atoms with Gasteiger partial charge in [0.15, 0.2) is 0 Å². The van der Waals surface area contributed by atoms with Gasteiger partial charge in [-0.1, -0.05) is 82.9 Å². The minimum Gasteiger partial charge on any atom is -0.0590 e. The summed E-state index contributed by atoms with van der Waals surface area (Å²) in [6.45, 7) is 17.9. The molecule has 0 amide bonds. The lowest BCUT2D eigenvalue weighted by molar-refractivity contribution is 1.04. The van der Waals surface area contributed by atoms with E-state index >= 15 is 0 Å². The molecule has 0 radical (unpaired) electrons. The summed E-state index contributed by atoms with van der Waals surface area (Å²) in [4.78, 5) is 0. The topological polar surface area (TPSA) is 0 Å². The predicted octanol–water partition coefficient (Wildman–Crippen LogP) is 8.93. The molecular formula is C35H40. The Labute approximate surface area is 213 Å². The van der Waals surface area contributed by atoms with E-state index in [4.69, 9.17) is 0 Å². The minimum absolute atomic E-state index is 0.987. The fourth-order valence-electron chi connectivity index (χ4n) is 5.47. The normalized spacial score (nSPS) is 11.2. The van der Waals surface area contributed by atoms with Crippen LogP contribution in [-0.2, 0) is 19.3 Å². The Morgan fingerprint density at radius 1 is 0.343 bits per heavy atom. The Morgan fingerprint density at radius 2 is 0.657 bits per heavy atom. The monoisotopic (exact) mass is 460 g/mol. The van der Waals surface area contributed by atoms with Crippen molar-refractivity contribution in [2.24, 2.45) is 0 Å². The van der Waals surface area contributed by atoms with Crippen LogP contribution in [0.4, 0.5) is 0 Å². The molecule has 0 N–H and O–H groups in total. The van der Waals surface area contributed by atoms with Crippen LogP contribution >= 0.6 is 0 Å². The van der Waals surface area contributed by atoms with Crippen LogP contribution in [0.15, 0.2) is 60.7 Å². The van der Waals surface area contributed by atoms with Crippen LogP contribution in [0.5, 0.6) is 0 Å². The molecule has 0 saturated carbocycles. The number of aryl methyl sites for hydroxylation is 6. The van der Waals surface area contributed by atoms with Crippen LogP contribution in [0, 0.1) is 55.4 Å². The molecule has 0 saturated heterocycles. The minimum atomic E-state index is 0.987. The molecule has 35 heavy (non-hydrogen) atoms. The highest BCUT2D eigenvalue weighted by Crippen LogP contribution is 2.28. The fourth-order valence-corrected chi connectivity index (χ4v) is 5.47. The lowest BCUT2D eigenvalue weighted by Gasteiger charge is -2.18.